The molecule has 0 aliphatic carbocycles. The van der Waals surface area contributed by atoms with E-state index in [1.807, 2.05) is 0 Å². The van der Waals surface area contributed by atoms with Crippen molar-refractivity contribution in [1.29, 1.82) is 0 Å². The van der Waals surface area contributed by atoms with Crippen LogP contribution in [0.5, 0.6) is 5.75 Å². The summed E-state index contributed by atoms with van der Waals surface area (Å²) in [6.45, 7) is -0.132. The van der Waals surface area contributed by atoms with Crippen LogP contribution in [-0.2, 0) is 21.1 Å². The van der Waals surface area contributed by atoms with Gasteiger partial charge in [-0.15, -0.1) is 0 Å². The molecule has 0 amide bonds. The largest absolute Gasteiger partial charge is 0.505 e. The fraction of sp³-hybridized carbons (Fsp3) is 0.105. The molecule has 0 spiro atoms. The van der Waals surface area contributed by atoms with Gasteiger partial charge in [-0.25, -0.2) is 17.5 Å². The number of sulfonamides is 1. The zero-order chi connectivity index (χ0) is 24.8. The summed E-state index contributed by atoms with van der Waals surface area (Å²) in [5.41, 5.74) is -0.683. The Labute approximate surface area is 197 Å². The Morgan fingerprint density at radius 1 is 1.26 bits per heavy atom. The Bertz CT molecular complexity index is 1580. The van der Waals surface area contributed by atoms with Gasteiger partial charge in [0.15, 0.2) is 11.6 Å². The number of fused-ring (bicyclic) bond motifs is 1. The van der Waals surface area contributed by atoms with Crippen LogP contribution >= 0.6 is 19.1 Å². The lowest BCUT2D eigenvalue weighted by Gasteiger charge is -2.23. The quantitative estimate of drug-likeness (QED) is 0.365. The summed E-state index contributed by atoms with van der Waals surface area (Å²) in [5.74, 6) is -1.61. The standard InChI is InChI=1S/C19H16ClFN5O6PS/c1-34(31,32)25-11-3-5-14-16(7-11)33(29,30)24-18(23-14)17-15(27)8-22-26(19(17)28)9-10-2-4-13(21)12(20)6-10/h2-8,25,27H,9H2,1H3,(H2,23,24,29,30). The molecule has 3 aromatic rings. The van der Waals surface area contributed by atoms with Crippen molar-refractivity contribution in [3.8, 4) is 5.75 Å². The van der Waals surface area contributed by atoms with Crippen molar-refractivity contribution in [2.75, 3.05) is 16.3 Å². The van der Waals surface area contributed by atoms with Crippen molar-refractivity contribution in [2.24, 2.45) is 4.76 Å². The molecular weight excluding hydrogens is 512 g/mol. The average Bonchev–Trinajstić information content (AvgIpc) is 2.72. The van der Waals surface area contributed by atoms with E-state index in [0.29, 0.717) is 5.56 Å². The van der Waals surface area contributed by atoms with Gasteiger partial charge in [0.2, 0.25) is 10.0 Å². The summed E-state index contributed by atoms with van der Waals surface area (Å²) in [4.78, 5) is 23.6. The molecule has 0 fully saturated rings. The monoisotopic (exact) mass is 527 g/mol. The molecule has 0 bridgehead atoms. The van der Waals surface area contributed by atoms with Crippen molar-refractivity contribution in [1.82, 2.24) is 9.78 Å². The molecule has 1 aliphatic heterocycles. The Morgan fingerprint density at radius 2 is 2.00 bits per heavy atom. The van der Waals surface area contributed by atoms with Crippen LogP contribution < -0.4 is 20.9 Å². The van der Waals surface area contributed by atoms with Crippen molar-refractivity contribution in [2.45, 2.75) is 6.54 Å². The van der Waals surface area contributed by atoms with Gasteiger partial charge in [0.25, 0.3) is 5.56 Å². The van der Waals surface area contributed by atoms with Crippen LogP contribution in [0.2, 0.25) is 5.02 Å². The van der Waals surface area contributed by atoms with Gasteiger partial charge in [-0.2, -0.15) is 9.86 Å². The van der Waals surface area contributed by atoms with Crippen LogP contribution in [0, 0.1) is 5.82 Å². The molecule has 2 heterocycles. The van der Waals surface area contributed by atoms with Gasteiger partial charge in [-0.3, -0.25) is 14.1 Å². The molecule has 2 aromatic carbocycles. The van der Waals surface area contributed by atoms with E-state index in [-0.39, 0.29) is 34.1 Å². The third-order valence-electron chi connectivity index (χ3n) is 4.68. The molecule has 11 nitrogen and oxygen atoms in total. The van der Waals surface area contributed by atoms with Crippen LogP contribution in [0.15, 0.2) is 52.2 Å². The minimum Gasteiger partial charge on any atom is -0.505 e. The second-order valence-corrected chi connectivity index (χ2v) is 11.3. The Morgan fingerprint density at radius 3 is 2.68 bits per heavy atom. The summed E-state index contributed by atoms with van der Waals surface area (Å²) >= 11 is 5.78. The van der Waals surface area contributed by atoms with Crippen LogP contribution in [0.1, 0.15) is 11.1 Å². The summed E-state index contributed by atoms with van der Waals surface area (Å²) in [6, 6.07) is 7.67. The van der Waals surface area contributed by atoms with E-state index in [1.165, 1.54) is 24.3 Å². The maximum atomic E-state index is 13.4. The van der Waals surface area contributed by atoms with Crippen molar-refractivity contribution in [3.05, 3.63) is 74.9 Å². The fourth-order valence-corrected chi connectivity index (χ4v) is 5.28. The molecule has 1 aliphatic rings. The third kappa shape index (κ3) is 4.82. The minimum atomic E-state index is -4.47. The van der Waals surface area contributed by atoms with Gasteiger partial charge in [0.05, 0.1) is 35.0 Å². The summed E-state index contributed by atoms with van der Waals surface area (Å²) in [7, 11) is -8.10. The zero-order valence-electron chi connectivity index (χ0n) is 17.2. The molecule has 1 aromatic heterocycles. The lowest BCUT2D eigenvalue weighted by atomic mass is 10.2. The highest BCUT2D eigenvalue weighted by molar-refractivity contribution is 7.92. The van der Waals surface area contributed by atoms with Crippen molar-refractivity contribution >= 4 is 51.7 Å². The van der Waals surface area contributed by atoms with Gasteiger partial charge in [-0.1, -0.05) is 17.7 Å². The molecule has 0 saturated heterocycles. The van der Waals surface area contributed by atoms with Gasteiger partial charge >= 0.3 is 7.52 Å². The first-order chi connectivity index (χ1) is 15.8. The van der Waals surface area contributed by atoms with E-state index in [9.17, 15) is 32.2 Å². The SMILES string of the molecule is CS(=O)(=O)Nc1ccc2c(c1)P(=O)(O)N=C(c1c(O)cnn(Cc3ccc(F)c(Cl)c3)c1=O)N2. The summed E-state index contributed by atoms with van der Waals surface area (Å²) in [5, 5.41) is 16.5. The molecule has 4 N–H and O–H groups in total. The van der Waals surface area contributed by atoms with Gasteiger partial charge in [0, 0.05) is 5.69 Å². The minimum absolute atomic E-state index is 0.0445. The molecule has 15 heteroatoms. The maximum absolute atomic E-state index is 13.4. The molecule has 0 radical (unpaired) electrons. The third-order valence-corrected chi connectivity index (χ3v) is 7.05. The summed E-state index contributed by atoms with van der Waals surface area (Å²) in [6.07, 6.45) is 1.89. The zero-order valence-corrected chi connectivity index (χ0v) is 19.7. The van der Waals surface area contributed by atoms with Crippen LogP contribution in [0.25, 0.3) is 0 Å². The number of hydrogen-bond donors (Lipinski definition) is 4. The maximum Gasteiger partial charge on any atom is 0.346 e. The predicted molar refractivity (Wildman–Crippen MR) is 125 cm³/mol. The van der Waals surface area contributed by atoms with Gasteiger partial charge < -0.3 is 15.3 Å². The highest BCUT2D eigenvalue weighted by Gasteiger charge is 2.33. The van der Waals surface area contributed by atoms with Crippen molar-refractivity contribution < 1.29 is 27.4 Å². The first-order valence-electron chi connectivity index (χ1n) is 9.40. The fourth-order valence-electron chi connectivity index (χ4n) is 3.24. The topological polar surface area (TPSA) is 163 Å². The lowest BCUT2D eigenvalue weighted by Crippen LogP contribution is -2.34. The number of aromatic hydroxyl groups is 1. The number of hydrogen-bond acceptors (Lipinski definition) is 7. The number of nitrogens with zero attached hydrogens (tertiary/aromatic N) is 3. The second kappa shape index (κ2) is 8.51. The van der Waals surface area contributed by atoms with Gasteiger partial charge in [-0.05, 0) is 35.9 Å². The lowest BCUT2D eigenvalue weighted by molar-refractivity contribution is 0.460. The van der Waals surface area contributed by atoms with Crippen molar-refractivity contribution in [3.63, 3.8) is 0 Å². The van der Waals surface area contributed by atoms with E-state index in [0.717, 1.165) is 29.3 Å². The molecule has 0 saturated carbocycles. The summed E-state index contributed by atoms with van der Waals surface area (Å²) < 4.78 is 56.1. The molecule has 178 valence electrons. The number of anilines is 2. The van der Waals surface area contributed by atoms with E-state index in [1.54, 1.807) is 0 Å². The Kier molecular flexibility index (Phi) is 5.98. The smallest absolute Gasteiger partial charge is 0.346 e. The number of amidine groups is 1. The number of benzene rings is 2. The number of halogens is 2. The predicted octanol–water partition coefficient (Wildman–Crippen LogP) is 1.84. The molecule has 1 atom stereocenters. The van der Waals surface area contributed by atoms with Crippen LogP contribution in [-0.4, -0.2) is 40.3 Å². The normalized spacial score (nSPS) is 17.5. The Balaban J connectivity index is 1.74. The molecule has 4 rings (SSSR count). The molecule has 34 heavy (non-hydrogen) atoms. The molecule has 1 unspecified atom stereocenters. The van der Waals surface area contributed by atoms with Crippen LogP contribution in [0.3, 0.4) is 0 Å². The van der Waals surface area contributed by atoms with E-state index in [2.05, 4.69) is 19.9 Å². The van der Waals surface area contributed by atoms with Crippen LogP contribution in [0.4, 0.5) is 15.8 Å². The second-order valence-electron chi connectivity index (χ2n) is 7.34. The van der Waals surface area contributed by atoms with E-state index in [4.69, 9.17) is 11.6 Å². The Hall–Kier alpha value is -3.25. The number of rotatable bonds is 5. The highest BCUT2D eigenvalue weighted by atomic mass is 35.5. The highest BCUT2D eigenvalue weighted by Crippen LogP contribution is 2.47. The van der Waals surface area contributed by atoms with E-state index >= 15 is 0 Å². The number of aromatic nitrogens is 2. The van der Waals surface area contributed by atoms with E-state index < -0.39 is 40.2 Å². The first-order valence-corrected chi connectivity index (χ1v) is 13.3. The molecular formula is C19H16ClFN5O6PS. The van der Waals surface area contributed by atoms with Gasteiger partial charge in [0.1, 0.15) is 11.4 Å². The number of nitrogens with one attached hydrogen (secondary N) is 2. The average molecular weight is 528 g/mol. The first kappa shape index (κ1) is 23.9.